The maximum atomic E-state index is 11.0. The number of aromatic nitrogens is 5. The van der Waals surface area contributed by atoms with Crippen LogP contribution < -0.4 is 10.8 Å². The quantitative estimate of drug-likeness (QED) is 0.335. The summed E-state index contributed by atoms with van der Waals surface area (Å²) in [5.41, 5.74) is 6.13. The Morgan fingerprint density at radius 1 is 1.09 bits per heavy atom. The molecule has 0 spiro atoms. The Morgan fingerprint density at radius 3 is 2.66 bits per heavy atom. The number of hydroxylamine groups is 1. The summed E-state index contributed by atoms with van der Waals surface area (Å²) in [7, 11) is 1.81. The van der Waals surface area contributed by atoms with Gasteiger partial charge in [-0.1, -0.05) is 72.8 Å². The molecule has 5 rings (SSSR count). The van der Waals surface area contributed by atoms with Crippen LogP contribution in [0.4, 0.5) is 10.6 Å². The second kappa shape index (κ2) is 9.45. The topological polar surface area (TPSA) is 127 Å². The summed E-state index contributed by atoms with van der Waals surface area (Å²) >= 11 is 0. The highest BCUT2D eigenvalue weighted by Gasteiger charge is 2.46. The van der Waals surface area contributed by atoms with Crippen LogP contribution in [0.15, 0.2) is 78.9 Å². The molecule has 10 nitrogen and oxygen atoms in total. The first-order valence-corrected chi connectivity index (χ1v) is 11.0. The third kappa shape index (κ3) is 4.39. The number of pyridine rings is 1. The van der Waals surface area contributed by atoms with Crippen molar-refractivity contribution in [3.05, 3.63) is 107 Å². The summed E-state index contributed by atoms with van der Waals surface area (Å²) < 4.78 is 1.67. The molecule has 10 heteroatoms. The predicted molar refractivity (Wildman–Crippen MR) is 128 cm³/mol. The number of nitrogens with zero attached hydrogens (tertiary/aromatic N) is 5. The fourth-order valence-corrected chi connectivity index (χ4v) is 4.44. The molecule has 0 saturated carbocycles. The lowest BCUT2D eigenvalue weighted by molar-refractivity contribution is -0.0277. The SMILES string of the molecule is Cn1nnnc1C(c1ccccc1)C1(NOCc2cccc(NC(=O)O)n2)C=Cc2ccccc21. The molecular weight excluding hydrogens is 446 g/mol. The molecule has 0 radical (unpaired) electrons. The molecule has 1 amide bonds. The molecule has 176 valence electrons. The Kier molecular flexibility index (Phi) is 6.04. The van der Waals surface area contributed by atoms with E-state index < -0.39 is 11.6 Å². The number of aryl methyl sites for hydroxylation is 1. The number of hydrogen-bond acceptors (Lipinski definition) is 7. The van der Waals surface area contributed by atoms with Gasteiger partial charge >= 0.3 is 6.09 Å². The minimum Gasteiger partial charge on any atom is -0.465 e. The van der Waals surface area contributed by atoms with Crippen LogP contribution >= 0.6 is 0 Å². The van der Waals surface area contributed by atoms with E-state index in [1.54, 1.807) is 22.9 Å². The highest BCUT2D eigenvalue weighted by Crippen LogP contribution is 2.47. The highest BCUT2D eigenvalue weighted by molar-refractivity contribution is 5.81. The number of anilines is 1. The lowest BCUT2D eigenvalue weighted by Crippen LogP contribution is -2.46. The Balaban J connectivity index is 1.52. The summed E-state index contributed by atoms with van der Waals surface area (Å²) in [6.07, 6.45) is 2.95. The van der Waals surface area contributed by atoms with E-state index in [9.17, 15) is 4.79 Å². The van der Waals surface area contributed by atoms with Gasteiger partial charge in [0.25, 0.3) is 0 Å². The van der Waals surface area contributed by atoms with E-state index >= 15 is 0 Å². The first-order chi connectivity index (χ1) is 17.1. The molecule has 0 fully saturated rings. The lowest BCUT2D eigenvalue weighted by atomic mass is 9.75. The summed E-state index contributed by atoms with van der Waals surface area (Å²) in [5, 5.41) is 23.6. The van der Waals surface area contributed by atoms with E-state index in [0.29, 0.717) is 11.5 Å². The molecule has 35 heavy (non-hydrogen) atoms. The zero-order chi connectivity index (χ0) is 24.3. The summed E-state index contributed by atoms with van der Waals surface area (Å²) in [6, 6.07) is 23.2. The van der Waals surface area contributed by atoms with Gasteiger partial charge in [-0.15, -0.1) is 5.10 Å². The van der Waals surface area contributed by atoms with Crippen LogP contribution in [0, 0.1) is 0 Å². The number of hydrogen-bond donors (Lipinski definition) is 3. The van der Waals surface area contributed by atoms with E-state index in [4.69, 9.17) is 9.94 Å². The Hall–Kier alpha value is -4.41. The maximum Gasteiger partial charge on any atom is 0.410 e. The number of fused-ring (bicyclic) bond motifs is 1. The summed E-state index contributed by atoms with van der Waals surface area (Å²) in [5.74, 6) is 0.572. The molecule has 2 aromatic heterocycles. The van der Waals surface area contributed by atoms with Gasteiger partial charge in [0.05, 0.1) is 11.6 Å². The van der Waals surface area contributed by atoms with Crippen molar-refractivity contribution in [1.82, 2.24) is 30.7 Å². The van der Waals surface area contributed by atoms with Crippen LogP contribution in [0.5, 0.6) is 0 Å². The van der Waals surface area contributed by atoms with E-state index in [2.05, 4.69) is 55.6 Å². The number of benzene rings is 2. The van der Waals surface area contributed by atoms with E-state index in [0.717, 1.165) is 16.7 Å². The normalized spacial score (nSPS) is 17.2. The first-order valence-electron chi connectivity index (χ1n) is 11.0. The Bertz CT molecular complexity index is 1370. The third-order valence-electron chi connectivity index (χ3n) is 5.93. The van der Waals surface area contributed by atoms with E-state index in [1.807, 2.05) is 49.5 Å². The third-order valence-corrected chi connectivity index (χ3v) is 5.93. The second-order valence-electron chi connectivity index (χ2n) is 8.13. The summed E-state index contributed by atoms with van der Waals surface area (Å²) in [4.78, 5) is 21.3. The highest BCUT2D eigenvalue weighted by atomic mass is 16.6. The average Bonchev–Trinajstić information content (AvgIpc) is 3.44. The Morgan fingerprint density at radius 2 is 1.89 bits per heavy atom. The van der Waals surface area contributed by atoms with Gasteiger partial charge in [-0.2, -0.15) is 5.48 Å². The van der Waals surface area contributed by atoms with Crippen LogP contribution in [0.1, 0.15) is 34.1 Å². The molecule has 2 aromatic carbocycles. The van der Waals surface area contributed by atoms with Gasteiger partial charge in [0.15, 0.2) is 5.82 Å². The largest absolute Gasteiger partial charge is 0.465 e. The molecule has 0 saturated heterocycles. The van der Waals surface area contributed by atoms with Crippen molar-refractivity contribution in [1.29, 1.82) is 0 Å². The van der Waals surface area contributed by atoms with Crippen molar-refractivity contribution in [3.8, 4) is 0 Å². The number of nitrogens with one attached hydrogen (secondary N) is 2. The van der Waals surface area contributed by atoms with Gasteiger partial charge in [0.2, 0.25) is 0 Å². The zero-order valence-electron chi connectivity index (χ0n) is 18.9. The molecule has 2 unspecified atom stereocenters. The molecule has 1 aliphatic rings. The minimum atomic E-state index is -1.18. The molecule has 1 aliphatic carbocycles. The molecular formula is C25H23N7O3. The molecule has 0 aliphatic heterocycles. The molecule has 2 heterocycles. The van der Waals surface area contributed by atoms with Crippen molar-refractivity contribution < 1.29 is 14.7 Å². The molecule has 4 aromatic rings. The van der Waals surface area contributed by atoms with Crippen LogP contribution in [-0.4, -0.2) is 36.4 Å². The Labute approximate surface area is 201 Å². The van der Waals surface area contributed by atoms with Crippen LogP contribution in [0.2, 0.25) is 0 Å². The van der Waals surface area contributed by atoms with Gasteiger partial charge in [0.1, 0.15) is 18.0 Å². The monoisotopic (exact) mass is 469 g/mol. The van der Waals surface area contributed by atoms with Crippen molar-refractivity contribution in [2.75, 3.05) is 5.32 Å². The van der Waals surface area contributed by atoms with Gasteiger partial charge < -0.3 is 5.11 Å². The lowest BCUT2D eigenvalue weighted by Gasteiger charge is -2.37. The number of carbonyl (C=O) groups is 1. The van der Waals surface area contributed by atoms with Gasteiger partial charge in [-0.25, -0.2) is 14.5 Å². The number of tetrazole rings is 1. The van der Waals surface area contributed by atoms with E-state index in [-0.39, 0.29) is 18.3 Å². The van der Waals surface area contributed by atoms with Crippen molar-refractivity contribution >= 4 is 18.0 Å². The standard InChI is InChI=1S/C25H23N7O3/c1-32-23(28-30-31-32)22(18-9-3-2-4-10-18)25(15-14-17-8-5-6-12-20(17)25)29-35-16-19-11-7-13-21(26-19)27-24(33)34/h2-15,22,29H,16H2,1H3,(H,26,27)(H,33,34). The van der Waals surface area contributed by atoms with E-state index in [1.165, 1.54) is 0 Å². The van der Waals surface area contributed by atoms with Crippen molar-refractivity contribution in [3.63, 3.8) is 0 Å². The summed E-state index contributed by atoms with van der Waals surface area (Å²) in [6.45, 7) is 0.103. The first kappa shape index (κ1) is 22.4. The average molecular weight is 470 g/mol. The fraction of sp³-hybridized carbons (Fsp3) is 0.160. The van der Waals surface area contributed by atoms with Crippen LogP contribution in [0.3, 0.4) is 0 Å². The molecule has 0 bridgehead atoms. The van der Waals surface area contributed by atoms with Crippen molar-refractivity contribution in [2.24, 2.45) is 7.05 Å². The van der Waals surface area contributed by atoms with Crippen molar-refractivity contribution in [2.45, 2.75) is 18.1 Å². The van der Waals surface area contributed by atoms with Gasteiger partial charge in [-0.05, 0) is 39.2 Å². The zero-order valence-corrected chi connectivity index (χ0v) is 18.9. The molecule has 3 N–H and O–H groups in total. The number of amides is 1. The minimum absolute atomic E-state index is 0.103. The predicted octanol–water partition coefficient (Wildman–Crippen LogP) is 3.47. The fourth-order valence-electron chi connectivity index (χ4n) is 4.44. The van der Waals surface area contributed by atoms with Gasteiger partial charge in [-0.3, -0.25) is 10.2 Å². The smallest absolute Gasteiger partial charge is 0.410 e. The van der Waals surface area contributed by atoms with Crippen LogP contribution in [-0.2, 0) is 24.0 Å². The molecule has 2 atom stereocenters. The maximum absolute atomic E-state index is 11.0. The van der Waals surface area contributed by atoms with Crippen LogP contribution in [0.25, 0.3) is 6.08 Å². The van der Waals surface area contributed by atoms with Gasteiger partial charge in [0, 0.05) is 7.05 Å². The second-order valence-corrected chi connectivity index (χ2v) is 8.13. The number of rotatable bonds is 8. The number of carboxylic acid groups (broad SMARTS) is 1.